The van der Waals surface area contributed by atoms with Crippen LogP contribution in [0.4, 0.5) is 17.1 Å². The van der Waals surface area contributed by atoms with E-state index in [1.165, 1.54) is 26.2 Å². The van der Waals surface area contributed by atoms with Crippen LogP contribution in [0.2, 0.25) is 10.0 Å². The Morgan fingerprint density at radius 1 is 1.05 bits per heavy atom. The van der Waals surface area contributed by atoms with Gasteiger partial charge in [-0.05, 0) is 48.2 Å². The number of ether oxygens (including phenoxy) is 1. The Labute approximate surface area is 250 Å². The second-order valence-electron chi connectivity index (χ2n) is 7.84. The number of halogens is 2. The number of aryl methyl sites for hydroxylation is 1. The van der Waals surface area contributed by atoms with Crippen molar-refractivity contribution < 1.29 is 57.2 Å². The normalized spacial score (nSPS) is 11.4. The van der Waals surface area contributed by atoms with Crippen molar-refractivity contribution in [2.75, 3.05) is 12.4 Å². The van der Waals surface area contributed by atoms with Crippen molar-refractivity contribution in [3.63, 3.8) is 0 Å². The van der Waals surface area contributed by atoms with Crippen LogP contribution in [0.1, 0.15) is 15.9 Å². The first-order valence-electron chi connectivity index (χ1n) is 10.6. The van der Waals surface area contributed by atoms with E-state index in [-0.39, 0.29) is 62.2 Å². The number of carbonyl (C=O) groups excluding carboxylic acids is 1. The van der Waals surface area contributed by atoms with Gasteiger partial charge in [0, 0.05) is 10.9 Å². The van der Waals surface area contributed by atoms with Gasteiger partial charge in [0.05, 0.1) is 29.2 Å². The second kappa shape index (κ2) is 12.0. The van der Waals surface area contributed by atoms with Gasteiger partial charge in [-0.15, -0.1) is 0 Å². The summed E-state index contributed by atoms with van der Waals surface area (Å²) in [5, 5.41) is 25.1. The minimum absolute atomic E-state index is 0. The first-order chi connectivity index (χ1) is 17.5. The zero-order valence-corrected chi connectivity index (χ0v) is 24.6. The fourth-order valence-electron chi connectivity index (χ4n) is 3.59. The smallest absolute Gasteiger partial charge is 0.870 e. The van der Waals surface area contributed by atoms with Gasteiger partial charge in [0.15, 0.2) is 0 Å². The number of methoxy groups -OCH3 is 1. The Bertz CT molecular complexity index is 1700. The largest absolute Gasteiger partial charge is 1.00 e. The SMILES string of the molecule is COc1cccc(NC(=O)c2cc3ccccc3c(N=Nc3cc(Cl)c(S(=O)(=O)O)cc3C)c2[O-])c1Cl.[Na+]. The van der Waals surface area contributed by atoms with Crippen molar-refractivity contribution in [2.24, 2.45) is 10.2 Å². The number of hydrogen-bond acceptors (Lipinski definition) is 7. The molecule has 0 bridgehead atoms. The van der Waals surface area contributed by atoms with Gasteiger partial charge < -0.3 is 15.2 Å². The number of hydrogen-bond donors (Lipinski definition) is 2. The minimum Gasteiger partial charge on any atom is -0.870 e. The zero-order valence-electron chi connectivity index (χ0n) is 20.3. The molecule has 190 valence electrons. The van der Waals surface area contributed by atoms with Gasteiger partial charge in [-0.2, -0.15) is 18.6 Å². The van der Waals surface area contributed by atoms with Gasteiger partial charge in [0.1, 0.15) is 15.7 Å². The monoisotopic (exact) mass is 581 g/mol. The van der Waals surface area contributed by atoms with E-state index in [1.807, 2.05) is 0 Å². The summed E-state index contributed by atoms with van der Waals surface area (Å²) in [7, 11) is -3.10. The number of carbonyl (C=O) groups is 1. The molecule has 0 heterocycles. The Morgan fingerprint density at radius 2 is 1.76 bits per heavy atom. The molecule has 0 aromatic heterocycles. The molecule has 4 rings (SSSR count). The number of amides is 1. The molecule has 0 saturated heterocycles. The second-order valence-corrected chi connectivity index (χ2v) is 10.0. The molecule has 0 aliphatic heterocycles. The van der Waals surface area contributed by atoms with E-state index in [4.69, 9.17) is 27.9 Å². The topological polar surface area (TPSA) is 140 Å². The van der Waals surface area contributed by atoms with Crippen molar-refractivity contribution in [3.8, 4) is 11.5 Å². The molecule has 1 amide bonds. The number of fused-ring (bicyclic) bond motifs is 1. The van der Waals surface area contributed by atoms with Gasteiger partial charge in [0.2, 0.25) is 0 Å². The maximum Gasteiger partial charge on any atom is 1.00 e. The quantitative estimate of drug-likeness (QED) is 0.203. The third kappa shape index (κ3) is 6.13. The van der Waals surface area contributed by atoms with E-state index in [9.17, 15) is 22.9 Å². The molecule has 0 aliphatic rings. The van der Waals surface area contributed by atoms with Crippen molar-refractivity contribution in [3.05, 3.63) is 81.8 Å². The molecule has 0 atom stereocenters. The first-order valence-corrected chi connectivity index (χ1v) is 12.8. The molecule has 0 spiro atoms. The summed E-state index contributed by atoms with van der Waals surface area (Å²) in [4.78, 5) is 12.6. The van der Waals surface area contributed by atoms with Gasteiger partial charge in [-0.25, -0.2) is 0 Å². The van der Waals surface area contributed by atoms with Crippen LogP contribution in [0.5, 0.6) is 11.5 Å². The number of benzene rings is 4. The molecule has 4 aromatic carbocycles. The molecule has 13 heteroatoms. The van der Waals surface area contributed by atoms with E-state index >= 15 is 0 Å². The van der Waals surface area contributed by atoms with Gasteiger partial charge >= 0.3 is 29.6 Å². The van der Waals surface area contributed by atoms with E-state index < -0.39 is 26.7 Å². The molecule has 4 aromatic rings. The summed E-state index contributed by atoms with van der Waals surface area (Å²) in [5.41, 5.74) is 0.460. The van der Waals surface area contributed by atoms with Crippen molar-refractivity contribution in [1.82, 2.24) is 0 Å². The molecule has 0 unspecified atom stereocenters. The fraction of sp³-hybridized carbons (Fsp3) is 0.0800. The van der Waals surface area contributed by atoms with E-state index in [0.717, 1.165) is 6.07 Å². The molecule has 0 aliphatic carbocycles. The first kappa shape index (κ1) is 29.9. The number of anilines is 1. The average molecular weight is 582 g/mol. The van der Waals surface area contributed by atoms with Crippen LogP contribution in [-0.2, 0) is 10.1 Å². The van der Waals surface area contributed by atoms with Crippen LogP contribution in [0.25, 0.3) is 10.8 Å². The number of azo groups is 1. The van der Waals surface area contributed by atoms with Crippen molar-refractivity contribution >= 4 is 67.1 Å². The Morgan fingerprint density at radius 3 is 2.45 bits per heavy atom. The van der Waals surface area contributed by atoms with Gasteiger partial charge in [0.25, 0.3) is 16.0 Å². The summed E-state index contributed by atoms with van der Waals surface area (Å²) in [6, 6.07) is 15.5. The minimum atomic E-state index is -4.54. The van der Waals surface area contributed by atoms with Crippen LogP contribution in [-0.4, -0.2) is 26.0 Å². The maximum atomic E-state index is 13.4. The molecule has 38 heavy (non-hydrogen) atoms. The van der Waals surface area contributed by atoms with Crippen LogP contribution < -0.4 is 44.7 Å². The Hall–Kier alpha value is -2.70. The Balaban J connectivity index is 0.00000400. The molecule has 2 N–H and O–H groups in total. The summed E-state index contributed by atoms with van der Waals surface area (Å²) >= 11 is 12.3. The number of rotatable bonds is 6. The summed E-state index contributed by atoms with van der Waals surface area (Å²) in [5.74, 6) is -1.04. The molecular formula is C25H18Cl2N3NaO6S. The van der Waals surface area contributed by atoms with E-state index in [0.29, 0.717) is 22.1 Å². The predicted molar refractivity (Wildman–Crippen MR) is 140 cm³/mol. The molecular weight excluding hydrogens is 564 g/mol. The van der Waals surface area contributed by atoms with Crippen LogP contribution >= 0.6 is 23.2 Å². The molecule has 0 radical (unpaired) electrons. The molecule has 0 fully saturated rings. The van der Waals surface area contributed by atoms with E-state index in [2.05, 4.69) is 15.5 Å². The van der Waals surface area contributed by atoms with Crippen LogP contribution in [0.3, 0.4) is 0 Å². The zero-order chi connectivity index (χ0) is 26.9. The average Bonchev–Trinajstić information content (AvgIpc) is 2.85. The van der Waals surface area contributed by atoms with Gasteiger partial charge in [-0.1, -0.05) is 59.3 Å². The summed E-state index contributed by atoms with van der Waals surface area (Å²) in [6.07, 6.45) is 0. The summed E-state index contributed by atoms with van der Waals surface area (Å²) < 4.78 is 37.5. The number of nitrogens with one attached hydrogen (secondary N) is 1. The van der Waals surface area contributed by atoms with Crippen molar-refractivity contribution in [1.29, 1.82) is 0 Å². The fourth-order valence-corrected chi connectivity index (χ4v) is 4.92. The number of nitrogens with zero attached hydrogens (tertiary/aromatic N) is 2. The molecule has 9 nitrogen and oxygen atoms in total. The third-order valence-electron chi connectivity index (χ3n) is 5.44. The summed E-state index contributed by atoms with van der Waals surface area (Å²) in [6.45, 7) is 1.54. The van der Waals surface area contributed by atoms with Crippen LogP contribution in [0, 0.1) is 6.92 Å². The molecule has 0 saturated carbocycles. The Kier molecular flexibility index (Phi) is 9.43. The van der Waals surface area contributed by atoms with Crippen LogP contribution in [0.15, 0.2) is 75.8 Å². The third-order valence-corrected chi connectivity index (χ3v) is 7.15. The predicted octanol–water partition coefficient (Wildman–Crippen LogP) is 3.46. The van der Waals surface area contributed by atoms with Gasteiger partial charge in [-0.3, -0.25) is 9.35 Å². The van der Waals surface area contributed by atoms with Crippen molar-refractivity contribution in [2.45, 2.75) is 11.8 Å². The maximum absolute atomic E-state index is 13.4. The van der Waals surface area contributed by atoms with E-state index in [1.54, 1.807) is 42.5 Å². The standard InChI is InChI=1S/C25H19Cl2N3O6S.Na/c1-13-10-21(37(33,34)35)17(26)12-19(13)29-30-23-15-7-4-3-6-14(15)11-16(24(23)31)25(32)28-18-8-5-9-20(36-2)22(18)27;/h3-12,31H,1-2H3,(H,28,32)(H,33,34,35);/q;+1/p-1.